The standard InChI is InChI=1S/C29H26ClN3O2/c1-32(2)25-13-11-22(12-14-25)23-9-10-24(28(30)17-23)20-33(26-6-4-3-5-7-26)27-16-21(18-31-19-27)8-15-29(34)35/h3-19H,20H2,1-2H3,(H,34,35)/b15-8+/i20D. The predicted octanol–water partition coefficient (Wildman–Crippen LogP) is 6.90. The van der Waals surface area contributed by atoms with E-state index in [1.807, 2.05) is 72.4 Å². The summed E-state index contributed by atoms with van der Waals surface area (Å²) in [6.07, 6.45) is 5.77. The first-order chi connectivity index (χ1) is 17.3. The van der Waals surface area contributed by atoms with Crippen LogP contribution in [0.2, 0.25) is 5.02 Å². The van der Waals surface area contributed by atoms with Crippen LogP contribution >= 0.6 is 11.6 Å². The number of halogens is 1. The number of hydrogen-bond donors (Lipinski definition) is 1. The molecule has 176 valence electrons. The molecule has 5 nitrogen and oxygen atoms in total. The lowest BCUT2D eigenvalue weighted by Gasteiger charge is -2.26. The fraction of sp³-hybridized carbons (Fsp3) is 0.103. The number of aromatic nitrogens is 1. The number of nitrogens with zero attached hydrogens (tertiary/aromatic N) is 3. The molecule has 4 rings (SSSR count). The summed E-state index contributed by atoms with van der Waals surface area (Å²) in [5.41, 5.74) is 5.81. The zero-order valence-corrected chi connectivity index (χ0v) is 20.2. The molecule has 0 spiro atoms. The van der Waals surface area contributed by atoms with E-state index >= 15 is 0 Å². The Labute approximate surface area is 212 Å². The van der Waals surface area contributed by atoms with Gasteiger partial charge in [0.2, 0.25) is 0 Å². The largest absolute Gasteiger partial charge is 0.478 e. The zero-order valence-electron chi connectivity index (χ0n) is 20.5. The topological polar surface area (TPSA) is 56.7 Å². The minimum atomic E-state index is -1.04. The molecular formula is C29H26ClN3O2. The molecule has 35 heavy (non-hydrogen) atoms. The number of anilines is 3. The van der Waals surface area contributed by atoms with E-state index in [4.69, 9.17) is 16.7 Å². The molecule has 0 aliphatic heterocycles. The van der Waals surface area contributed by atoms with Crippen LogP contribution in [0.15, 0.2) is 97.3 Å². The van der Waals surface area contributed by atoms with Gasteiger partial charge >= 0.3 is 5.97 Å². The highest BCUT2D eigenvalue weighted by Crippen LogP contribution is 2.32. The van der Waals surface area contributed by atoms with Gasteiger partial charge in [0.05, 0.1) is 13.3 Å². The molecule has 0 bridgehead atoms. The summed E-state index contributed by atoms with van der Waals surface area (Å²) in [6.45, 7) is -0.870. The summed E-state index contributed by atoms with van der Waals surface area (Å²) < 4.78 is 9.17. The van der Waals surface area contributed by atoms with Gasteiger partial charge in [0, 0.05) is 49.3 Å². The van der Waals surface area contributed by atoms with Crippen LogP contribution in [-0.2, 0) is 11.3 Å². The molecule has 0 aliphatic rings. The quantitative estimate of drug-likeness (QED) is 0.275. The summed E-state index contributed by atoms with van der Waals surface area (Å²) in [5.74, 6) is -1.04. The van der Waals surface area contributed by atoms with Crippen molar-refractivity contribution in [2.24, 2.45) is 0 Å². The first kappa shape index (κ1) is 22.7. The van der Waals surface area contributed by atoms with Crippen molar-refractivity contribution in [1.29, 1.82) is 0 Å². The van der Waals surface area contributed by atoms with Gasteiger partial charge in [0.1, 0.15) is 0 Å². The normalized spacial score (nSPS) is 12.3. The lowest BCUT2D eigenvalue weighted by Crippen LogP contribution is -2.17. The average molecular weight is 485 g/mol. The SMILES string of the molecule is [2H]C(c1ccc(-c2ccc(N(C)C)cc2)cc1Cl)N(c1ccccc1)c1cncc(/C=C/C(=O)O)c1. The maximum absolute atomic E-state index is 11.0. The number of pyridine rings is 1. The molecule has 1 heterocycles. The Morgan fingerprint density at radius 1 is 0.943 bits per heavy atom. The number of para-hydroxylation sites is 1. The van der Waals surface area contributed by atoms with Crippen LogP contribution in [0.25, 0.3) is 17.2 Å². The molecule has 1 unspecified atom stereocenters. The Bertz CT molecular complexity index is 1380. The van der Waals surface area contributed by atoms with Crippen molar-refractivity contribution in [1.82, 2.24) is 4.98 Å². The Hall–Kier alpha value is -4.09. The van der Waals surface area contributed by atoms with Crippen molar-refractivity contribution in [3.05, 3.63) is 113 Å². The summed E-state index contributed by atoms with van der Waals surface area (Å²) in [4.78, 5) is 19.1. The fourth-order valence-electron chi connectivity index (χ4n) is 3.62. The van der Waals surface area contributed by atoms with Gasteiger partial charge in [-0.1, -0.05) is 54.1 Å². The second kappa shape index (κ2) is 10.9. The van der Waals surface area contributed by atoms with Crippen molar-refractivity contribution >= 4 is 40.7 Å². The van der Waals surface area contributed by atoms with Crippen molar-refractivity contribution in [3.8, 4) is 11.1 Å². The third-order valence-electron chi connectivity index (χ3n) is 5.46. The molecule has 4 aromatic rings. The highest BCUT2D eigenvalue weighted by Gasteiger charge is 2.14. The summed E-state index contributed by atoms with van der Waals surface area (Å²) in [7, 11) is 4.00. The second-order valence-corrected chi connectivity index (χ2v) is 8.57. The first-order valence-corrected chi connectivity index (χ1v) is 11.4. The molecule has 0 amide bonds. The molecule has 0 radical (unpaired) electrons. The fourth-order valence-corrected chi connectivity index (χ4v) is 3.85. The lowest BCUT2D eigenvalue weighted by molar-refractivity contribution is -0.131. The van der Waals surface area contributed by atoms with Crippen LogP contribution in [0.4, 0.5) is 17.1 Å². The van der Waals surface area contributed by atoms with Crippen molar-refractivity contribution < 1.29 is 11.3 Å². The molecule has 0 saturated carbocycles. The molecule has 1 atom stereocenters. The van der Waals surface area contributed by atoms with E-state index < -0.39 is 12.5 Å². The number of aliphatic carboxylic acids is 1. The van der Waals surface area contributed by atoms with Crippen molar-refractivity contribution in [2.75, 3.05) is 23.9 Å². The van der Waals surface area contributed by atoms with Crippen LogP contribution in [0.1, 0.15) is 12.5 Å². The van der Waals surface area contributed by atoms with Gasteiger partial charge in [-0.15, -0.1) is 0 Å². The maximum Gasteiger partial charge on any atom is 0.328 e. The smallest absolute Gasteiger partial charge is 0.328 e. The number of rotatable bonds is 8. The molecule has 0 saturated heterocycles. The Kier molecular flexibility index (Phi) is 7.06. The highest BCUT2D eigenvalue weighted by atomic mass is 35.5. The molecule has 6 heteroatoms. The Morgan fingerprint density at radius 3 is 2.31 bits per heavy atom. The molecule has 0 fully saturated rings. The van der Waals surface area contributed by atoms with E-state index in [1.165, 1.54) is 6.08 Å². The average Bonchev–Trinajstić information content (AvgIpc) is 2.88. The van der Waals surface area contributed by atoms with Gasteiger partial charge in [0.15, 0.2) is 0 Å². The first-order valence-electron chi connectivity index (χ1n) is 11.6. The zero-order chi connectivity index (χ0) is 25.7. The minimum absolute atomic E-state index is 0.486. The summed E-state index contributed by atoms with van der Waals surface area (Å²) in [6, 6.07) is 25.3. The number of carbonyl (C=O) groups is 1. The van der Waals surface area contributed by atoms with Gasteiger partial charge in [0.25, 0.3) is 0 Å². The molecule has 1 aromatic heterocycles. The van der Waals surface area contributed by atoms with Crippen LogP contribution in [0, 0.1) is 0 Å². The van der Waals surface area contributed by atoms with Crippen LogP contribution in [0.5, 0.6) is 0 Å². The summed E-state index contributed by atoms with van der Waals surface area (Å²) >= 11 is 6.74. The van der Waals surface area contributed by atoms with Crippen LogP contribution in [0.3, 0.4) is 0 Å². The third kappa shape index (κ3) is 6.08. The van der Waals surface area contributed by atoms with Gasteiger partial charge < -0.3 is 14.9 Å². The number of hydrogen-bond acceptors (Lipinski definition) is 4. The van der Waals surface area contributed by atoms with Crippen molar-refractivity contribution in [3.63, 3.8) is 0 Å². The van der Waals surface area contributed by atoms with E-state index in [9.17, 15) is 6.17 Å². The summed E-state index contributed by atoms with van der Waals surface area (Å²) in [5, 5.41) is 9.46. The molecular weight excluding hydrogens is 458 g/mol. The van der Waals surface area contributed by atoms with E-state index in [-0.39, 0.29) is 0 Å². The monoisotopic (exact) mass is 484 g/mol. The van der Waals surface area contributed by atoms with Gasteiger partial charge in [-0.3, -0.25) is 4.98 Å². The Morgan fingerprint density at radius 2 is 1.66 bits per heavy atom. The second-order valence-electron chi connectivity index (χ2n) is 8.16. The van der Waals surface area contributed by atoms with E-state index in [2.05, 4.69) is 29.2 Å². The lowest BCUT2D eigenvalue weighted by atomic mass is 10.0. The Balaban J connectivity index is 1.71. The van der Waals surface area contributed by atoms with Gasteiger partial charge in [-0.25, -0.2) is 4.79 Å². The molecule has 1 N–H and O–H groups in total. The number of carboxylic acid groups (broad SMARTS) is 1. The van der Waals surface area contributed by atoms with Gasteiger partial charge in [-0.05, 0) is 64.7 Å². The van der Waals surface area contributed by atoms with Crippen LogP contribution < -0.4 is 9.80 Å². The molecule has 0 aliphatic carbocycles. The van der Waals surface area contributed by atoms with Crippen LogP contribution in [-0.4, -0.2) is 30.2 Å². The van der Waals surface area contributed by atoms with E-state index in [0.29, 0.717) is 21.8 Å². The van der Waals surface area contributed by atoms with E-state index in [0.717, 1.165) is 28.6 Å². The predicted molar refractivity (Wildman–Crippen MR) is 144 cm³/mol. The van der Waals surface area contributed by atoms with Crippen molar-refractivity contribution in [2.45, 2.75) is 6.52 Å². The number of carboxylic acids is 1. The van der Waals surface area contributed by atoms with E-state index in [1.54, 1.807) is 18.5 Å². The molecule has 3 aromatic carbocycles. The maximum atomic E-state index is 11.0. The number of benzene rings is 3. The minimum Gasteiger partial charge on any atom is -0.478 e. The van der Waals surface area contributed by atoms with Gasteiger partial charge in [-0.2, -0.15) is 0 Å². The highest BCUT2D eigenvalue weighted by molar-refractivity contribution is 6.31. The third-order valence-corrected chi connectivity index (χ3v) is 5.79.